The summed E-state index contributed by atoms with van der Waals surface area (Å²) in [7, 11) is 2.01. The largest absolute Gasteiger partial charge is 0.373 e. The fourth-order valence-electron chi connectivity index (χ4n) is 2.67. The molecule has 1 aromatic rings. The highest BCUT2D eigenvalue weighted by Crippen LogP contribution is 2.36. The van der Waals surface area contributed by atoms with Crippen LogP contribution in [-0.2, 0) is 21.6 Å². The Morgan fingerprint density at radius 1 is 1.31 bits per heavy atom. The summed E-state index contributed by atoms with van der Waals surface area (Å²) in [5.41, 5.74) is -0.521. The van der Waals surface area contributed by atoms with E-state index in [1.54, 1.807) is 20.8 Å². The van der Waals surface area contributed by atoms with E-state index in [9.17, 15) is 17.4 Å². The number of hydrogen-bond acceptors (Lipinski definition) is 3. The van der Waals surface area contributed by atoms with E-state index in [1.165, 1.54) is 12.1 Å². The van der Waals surface area contributed by atoms with E-state index in [-0.39, 0.29) is 12.2 Å². The molecule has 0 aromatic heterocycles. The van der Waals surface area contributed by atoms with Gasteiger partial charge in [-0.1, -0.05) is 19.1 Å². The Labute approximate surface area is 156 Å². The summed E-state index contributed by atoms with van der Waals surface area (Å²) in [4.78, 5) is 1.81. The predicted molar refractivity (Wildman–Crippen MR) is 99.1 cm³/mol. The summed E-state index contributed by atoms with van der Waals surface area (Å²) in [6, 6.07) is 3.96. The number of benzene rings is 1. The van der Waals surface area contributed by atoms with Crippen molar-refractivity contribution in [3.8, 4) is 0 Å². The Morgan fingerprint density at radius 2 is 1.92 bits per heavy atom. The molecule has 1 aromatic carbocycles. The van der Waals surface area contributed by atoms with Crippen LogP contribution in [0.2, 0.25) is 0 Å². The van der Waals surface area contributed by atoms with Gasteiger partial charge < -0.3 is 9.64 Å². The molecule has 0 radical (unpaired) electrons. The third kappa shape index (κ3) is 6.33. The summed E-state index contributed by atoms with van der Waals surface area (Å²) in [5.74, 6) is -4.79. The van der Waals surface area contributed by atoms with Gasteiger partial charge in [0.2, 0.25) is 0 Å². The first-order chi connectivity index (χ1) is 11.9. The van der Waals surface area contributed by atoms with Crippen molar-refractivity contribution in [2.75, 3.05) is 33.9 Å². The molecule has 150 valence electrons. The Kier molecular flexibility index (Phi) is 8.26. The van der Waals surface area contributed by atoms with Crippen LogP contribution >= 0.6 is 0 Å². The van der Waals surface area contributed by atoms with Crippen molar-refractivity contribution in [3.63, 3.8) is 0 Å². The molecule has 0 amide bonds. The number of rotatable bonds is 10. The summed E-state index contributed by atoms with van der Waals surface area (Å²) in [6.45, 7) is 4.87. The smallest absolute Gasteiger partial charge is 0.298 e. The molecule has 8 heteroatoms. The number of alkyl halides is 2. The fourth-order valence-corrected chi connectivity index (χ4v) is 3.08. The maximum Gasteiger partial charge on any atom is 0.298 e. The minimum Gasteiger partial charge on any atom is -0.373 e. The molecule has 0 saturated carbocycles. The van der Waals surface area contributed by atoms with Gasteiger partial charge in [-0.05, 0) is 51.9 Å². The molecule has 0 spiro atoms. The molecule has 0 fully saturated rings. The van der Waals surface area contributed by atoms with Crippen LogP contribution in [0.3, 0.4) is 0 Å². The zero-order valence-corrected chi connectivity index (χ0v) is 16.8. The normalized spacial score (nSPS) is 15.3. The van der Waals surface area contributed by atoms with Gasteiger partial charge >= 0.3 is 0 Å². The maximum absolute atomic E-state index is 14.8. The van der Waals surface area contributed by atoms with Gasteiger partial charge in [0.25, 0.3) is 5.92 Å². The molecule has 0 bridgehead atoms. The van der Waals surface area contributed by atoms with Gasteiger partial charge in [-0.2, -0.15) is 8.78 Å². The van der Waals surface area contributed by atoms with Crippen molar-refractivity contribution < 1.29 is 22.1 Å². The quantitative estimate of drug-likeness (QED) is 0.619. The Bertz CT molecular complexity index is 624. The van der Waals surface area contributed by atoms with Crippen molar-refractivity contribution in [1.82, 2.24) is 4.90 Å². The molecule has 4 nitrogen and oxygen atoms in total. The van der Waals surface area contributed by atoms with Gasteiger partial charge in [-0.3, -0.25) is 5.14 Å². The lowest BCUT2D eigenvalue weighted by atomic mass is 9.89. The highest BCUT2D eigenvalue weighted by atomic mass is 32.2. The van der Waals surface area contributed by atoms with E-state index in [1.807, 2.05) is 19.0 Å². The number of ether oxygens (including phenoxy) is 1. The van der Waals surface area contributed by atoms with Crippen LogP contribution in [0.1, 0.15) is 44.2 Å². The van der Waals surface area contributed by atoms with E-state index in [4.69, 9.17) is 9.88 Å². The average Bonchev–Trinajstić information content (AvgIpc) is 2.50. The first-order valence-corrected chi connectivity index (χ1v) is 9.65. The Balaban J connectivity index is 2.95. The molecular weight excluding hydrogens is 365 g/mol. The fraction of sp³-hybridized carbons (Fsp3) is 0.667. The third-order valence-electron chi connectivity index (χ3n) is 4.26. The van der Waals surface area contributed by atoms with Crippen LogP contribution in [0.15, 0.2) is 18.2 Å². The standard InChI is InChI=1S/C18H29F3N2O2S/c1-13(11-17(2,3)26(22)24)14-7-6-8-15(16(14)19)18(20,21)12-25-10-9-23(4)5/h6-8,13H,9-12,22H2,1-5H3/t13-,26?/m1/s1. The number of nitrogens with two attached hydrogens (primary N) is 1. The molecule has 0 heterocycles. The second kappa shape index (κ2) is 9.30. The number of hydrogen-bond donors (Lipinski definition) is 1. The van der Waals surface area contributed by atoms with Crippen molar-refractivity contribution in [1.29, 1.82) is 0 Å². The van der Waals surface area contributed by atoms with Crippen LogP contribution in [0.5, 0.6) is 0 Å². The predicted octanol–water partition coefficient (Wildman–Crippen LogP) is 3.39. The molecule has 0 aliphatic carbocycles. The second-order valence-electron chi connectivity index (χ2n) is 7.43. The van der Waals surface area contributed by atoms with Gasteiger partial charge in [0.05, 0.1) is 27.9 Å². The number of halogens is 3. The zero-order chi connectivity index (χ0) is 20.1. The first kappa shape index (κ1) is 23.1. The second-order valence-corrected chi connectivity index (χ2v) is 9.13. The van der Waals surface area contributed by atoms with E-state index >= 15 is 0 Å². The maximum atomic E-state index is 14.8. The van der Waals surface area contributed by atoms with Crippen molar-refractivity contribution in [3.05, 3.63) is 35.1 Å². The zero-order valence-electron chi connectivity index (χ0n) is 16.0. The topological polar surface area (TPSA) is 55.6 Å². The van der Waals surface area contributed by atoms with E-state index in [0.29, 0.717) is 13.0 Å². The highest BCUT2D eigenvalue weighted by molar-refractivity contribution is 7.84. The van der Waals surface area contributed by atoms with Gasteiger partial charge in [0.1, 0.15) is 12.4 Å². The van der Waals surface area contributed by atoms with E-state index in [0.717, 1.165) is 6.07 Å². The van der Waals surface area contributed by atoms with Crippen LogP contribution in [0, 0.1) is 5.82 Å². The lowest BCUT2D eigenvalue weighted by Crippen LogP contribution is -2.33. The Hall–Kier alpha value is -0.960. The van der Waals surface area contributed by atoms with Crippen molar-refractivity contribution in [2.24, 2.45) is 5.14 Å². The molecule has 2 atom stereocenters. The minimum absolute atomic E-state index is 0.136. The SMILES string of the molecule is C[C@H](CC(C)(C)S(N)=O)c1cccc(C(F)(F)COCCN(C)C)c1F. The van der Waals surface area contributed by atoms with Gasteiger partial charge in [0, 0.05) is 6.54 Å². The molecule has 0 aliphatic heterocycles. The van der Waals surface area contributed by atoms with Gasteiger partial charge in [-0.15, -0.1) is 0 Å². The molecule has 0 saturated heterocycles. The van der Waals surface area contributed by atoms with Gasteiger partial charge in [-0.25, -0.2) is 8.60 Å². The van der Waals surface area contributed by atoms with Crippen LogP contribution in [-0.4, -0.2) is 47.7 Å². The van der Waals surface area contributed by atoms with Crippen molar-refractivity contribution >= 4 is 11.0 Å². The summed E-state index contributed by atoms with van der Waals surface area (Å²) >= 11 is 0. The average molecular weight is 395 g/mol. The van der Waals surface area contributed by atoms with Crippen LogP contribution < -0.4 is 5.14 Å². The lowest BCUT2D eigenvalue weighted by molar-refractivity contribution is -0.0861. The molecule has 1 rings (SSSR count). The summed E-state index contributed by atoms with van der Waals surface area (Å²) < 4.78 is 59.4. The number of likely N-dealkylation sites (N-methyl/N-ethyl adjacent to an activating group) is 1. The van der Waals surface area contributed by atoms with Gasteiger partial charge in [0.15, 0.2) is 0 Å². The molecule has 2 N–H and O–H groups in total. The Morgan fingerprint density at radius 3 is 2.46 bits per heavy atom. The number of nitrogens with zero attached hydrogens (tertiary/aromatic N) is 1. The summed E-state index contributed by atoms with van der Waals surface area (Å²) in [6.07, 6.45) is 0.307. The molecule has 26 heavy (non-hydrogen) atoms. The molecule has 0 aliphatic rings. The first-order valence-electron chi connectivity index (χ1n) is 8.44. The van der Waals surface area contributed by atoms with Crippen molar-refractivity contribution in [2.45, 2.75) is 43.8 Å². The molecule has 1 unspecified atom stereocenters. The summed E-state index contributed by atoms with van der Waals surface area (Å²) in [5, 5.41) is 5.46. The highest BCUT2D eigenvalue weighted by Gasteiger charge is 2.37. The van der Waals surface area contributed by atoms with Crippen LogP contribution in [0.25, 0.3) is 0 Å². The van der Waals surface area contributed by atoms with E-state index in [2.05, 4.69) is 0 Å². The lowest BCUT2D eigenvalue weighted by Gasteiger charge is -2.26. The van der Waals surface area contributed by atoms with E-state index < -0.39 is 45.6 Å². The minimum atomic E-state index is -3.43. The van der Waals surface area contributed by atoms with Crippen LogP contribution in [0.4, 0.5) is 13.2 Å². The third-order valence-corrected chi connectivity index (χ3v) is 5.52. The monoisotopic (exact) mass is 394 g/mol. The molecular formula is C18H29F3N2O2S.